The summed E-state index contributed by atoms with van der Waals surface area (Å²) in [5, 5.41) is 9.63. The zero-order chi connectivity index (χ0) is 33.8. The number of fused-ring (bicyclic) bond motifs is 1. The number of hydrogen-bond acceptors (Lipinski definition) is 4. The SMILES string of the molecule is CCCCCCn1c2cc3c(=O)n(C(CC)CC)c(=O)c4ccc5c6c(C)cc7c(=O)n(C(CC)CC)c(=O)c8cc1c(c6c78)c2c5c43. The van der Waals surface area contributed by atoms with Crippen molar-refractivity contribution in [2.75, 3.05) is 0 Å². The van der Waals surface area contributed by atoms with E-state index in [4.69, 9.17) is 0 Å². The van der Waals surface area contributed by atoms with Gasteiger partial charge in [0.25, 0.3) is 22.2 Å². The van der Waals surface area contributed by atoms with Crippen LogP contribution in [0.4, 0.5) is 0 Å². The van der Waals surface area contributed by atoms with Crippen LogP contribution < -0.4 is 22.2 Å². The second-order valence-electron chi connectivity index (χ2n) is 14.0. The predicted molar refractivity (Wildman–Crippen MR) is 201 cm³/mol. The van der Waals surface area contributed by atoms with E-state index in [1.54, 1.807) is 0 Å². The molecule has 3 heterocycles. The van der Waals surface area contributed by atoms with Crippen molar-refractivity contribution in [3.05, 3.63) is 77.3 Å². The number of pyridine rings is 2. The highest BCUT2D eigenvalue weighted by molar-refractivity contribution is 6.45. The fraction of sp³-hybridized carbons (Fsp3) is 0.415. The van der Waals surface area contributed by atoms with Crippen molar-refractivity contribution in [2.45, 2.75) is 112 Å². The standard InChI is InChI=1S/C41H43N3O4/c1-7-12-13-14-17-42-29-19-27-32-25(38(45)43(40(27)47)22(8-2)9-3)16-15-24-31-21(6)18-26-33-28(41(48)44(39(26)46)23(10-4)11-5)20-30(42)36(37(31)33)35(29)34(24)32/h15-16,18-20,22-23H,7-14,17H2,1-6H3. The van der Waals surface area contributed by atoms with Crippen molar-refractivity contribution in [3.63, 3.8) is 0 Å². The van der Waals surface area contributed by atoms with Crippen LogP contribution in [0.5, 0.6) is 0 Å². The van der Waals surface area contributed by atoms with Gasteiger partial charge < -0.3 is 4.57 Å². The summed E-state index contributed by atoms with van der Waals surface area (Å²) in [6.45, 7) is 13.1. The molecule has 0 amide bonds. The van der Waals surface area contributed by atoms with Gasteiger partial charge in [-0.25, -0.2) is 0 Å². The third kappa shape index (κ3) is 3.76. The van der Waals surface area contributed by atoms with Gasteiger partial charge in [-0.05, 0) is 79.6 Å². The zero-order valence-corrected chi connectivity index (χ0v) is 28.9. The number of aryl methyl sites for hydroxylation is 2. The third-order valence-corrected chi connectivity index (χ3v) is 11.6. The topological polar surface area (TPSA) is 83.1 Å². The van der Waals surface area contributed by atoms with Gasteiger partial charge in [-0.1, -0.05) is 59.9 Å². The van der Waals surface area contributed by atoms with Gasteiger partial charge in [0, 0.05) is 61.7 Å². The molecule has 0 unspecified atom stereocenters. The monoisotopic (exact) mass is 641 g/mol. The van der Waals surface area contributed by atoms with Crippen LogP contribution in [0, 0.1) is 6.92 Å². The van der Waals surface area contributed by atoms with E-state index in [0.29, 0.717) is 47.2 Å². The van der Waals surface area contributed by atoms with E-state index in [1.807, 2.05) is 65.0 Å². The summed E-state index contributed by atoms with van der Waals surface area (Å²) >= 11 is 0. The summed E-state index contributed by atoms with van der Waals surface area (Å²) in [4.78, 5) is 57.2. The van der Waals surface area contributed by atoms with Crippen molar-refractivity contribution >= 4 is 75.7 Å². The highest BCUT2D eigenvalue weighted by Gasteiger charge is 2.30. The molecule has 0 aliphatic heterocycles. The Morgan fingerprint density at radius 2 is 0.979 bits per heavy atom. The summed E-state index contributed by atoms with van der Waals surface area (Å²) in [6.07, 6.45) is 7.08. The van der Waals surface area contributed by atoms with Crippen LogP contribution in [0.2, 0.25) is 0 Å². The summed E-state index contributed by atoms with van der Waals surface area (Å²) in [5.41, 5.74) is 1.95. The molecule has 7 heteroatoms. The van der Waals surface area contributed by atoms with E-state index in [-0.39, 0.29) is 34.3 Å². The molecule has 0 aliphatic rings. The van der Waals surface area contributed by atoms with Gasteiger partial charge in [0.05, 0.1) is 21.8 Å². The summed E-state index contributed by atoms with van der Waals surface area (Å²) in [6, 6.07) is 9.57. The maximum atomic E-state index is 14.4. The molecular formula is C41H43N3O4. The Bertz CT molecular complexity index is 2760. The molecule has 3 aromatic heterocycles. The van der Waals surface area contributed by atoms with Gasteiger partial charge in [-0.3, -0.25) is 28.3 Å². The molecule has 8 aromatic rings. The van der Waals surface area contributed by atoms with Crippen molar-refractivity contribution in [1.29, 1.82) is 0 Å². The maximum absolute atomic E-state index is 14.4. The normalized spacial score (nSPS) is 13.0. The largest absolute Gasteiger partial charge is 0.340 e. The number of aromatic nitrogens is 3. The number of hydrogen-bond donors (Lipinski definition) is 0. The summed E-state index contributed by atoms with van der Waals surface area (Å²) in [7, 11) is 0. The predicted octanol–water partition coefficient (Wildman–Crippen LogP) is 8.97. The first kappa shape index (κ1) is 30.8. The molecule has 0 fully saturated rings. The van der Waals surface area contributed by atoms with Crippen LogP contribution in [0.3, 0.4) is 0 Å². The molecule has 8 rings (SSSR count). The molecule has 48 heavy (non-hydrogen) atoms. The first-order valence-corrected chi connectivity index (χ1v) is 18.1. The maximum Gasteiger partial charge on any atom is 0.261 e. The van der Waals surface area contributed by atoms with E-state index in [1.165, 1.54) is 9.13 Å². The van der Waals surface area contributed by atoms with Crippen LogP contribution >= 0.6 is 0 Å². The number of unbranched alkanes of at least 4 members (excludes halogenated alkanes) is 3. The lowest BCUT2D eigenvalue weighted by molar-refractivity contribution is 0.451. The fourth-order valence-corrected chi connectivity index (χ4v) is 9.22. The van der Waals surface area contributed by atoms with Crippen molar-refractivity contribution in [3.8, 4) is 0 Å². The van der Waals surface area contributed by atoms with Crippen molar-refractivity contribution in [1.82, 2.24) is 13.7 Å². The van der Waals surface area contributed by atoms with Gasteiger partial charge >= 0.3 is 0 Å². The van der Waals surface area contributed by atoms with Crippen molar-refractivity contribution in [2.24, 2.45) is 0 Å². The lowest BCUT2D eigenvalue weighted by Crippen LogP contribution is -2.36. The number of rotatable bonds is 11. The smallest absolute Gasteiger partial charge is 0.261 e. The fourth-order valence-electron chi connectivity index (χ4n) is 9.22. The Kier molecular flexibility index (Phi) is 7.06. The molecule has 0 saturated heterocycles. The van der Waals surface area contributed by atoms with Gasteiger partial charge in [-0.15, -0.1) is 0 Å². The minimum atomic E-state index is -0.230. The lowest BCUT2D eigenvalue weighted by atomic mass is 9.84. The van der Waals surface area contributed by atoms with Crippen LogP contribution in [0.15, 0.2) is 49.5 Å². The van der Waals surface area contributed by atoms with Crippen LogP contribution in [0.1, 0.15) is 104 Å². The Hall–Kier alpha value is -4.52. The molecule has 0 bridgehead atoms. The highest BCUT2D eigenvalue weighted by Crippen LogP contribution is 2.50. The van der Waals surface area contributed by atoms with E-state index in [9.17, 15) is 19.2 Å². The number of benzene rings is 5. The lowest BCUT2D eigenvalue weighted by Gasteiger charge is -2.21. The Labute approximate surface area is 277 Å². The van der Waals surface area contributed by atoms with E-state index in [2.05, 4.69) is 11.5 Å². The summed E-state index contributed by atoms with van der Waals surface area (Å²) < 4.78 is 5.30. The molecule has 5 aromatic carbocycles. The van der Waals surface area contributed by atoms with Crippen LogP contribution in [-0.2, 0) is 6.54 Å². The Morgan fingerprint density at radius 1 is 0.500 bits per heavy atom. The first-order chi connectivity index (χ1) is 23.2. The Morgan fingerprint density at radius 3 is 1.52 bits per heavy atom. The van der Waals surface area contributed by atoms with Crippen LogP contribution in [0.25, 0.3) is 75.7 Å². The second kappa shape index (κ2) is 11.0. The van der Waals surface area contributed by atoms with E-state index in [0.717, 1.165) is 91.9 Å². The average molecular weight is 642 g/mol. The zero-order valence-electron chi connectivity index (χ0n) is 28.9. The summed E-state index contributed by atoms with van der Waals surface area (Å²) in [5.74, 6) is 0. The molecule has 0 spiro atoms. The molecule has 0 N–H and O–H groups in total. The average Bonchev–Trinajstić information content (AvgIpc) is 3.41. The molecule has 7 nitrogen and oxygen atoms in total. The van der Waals surface area contributed by atoms with E-state index < -0.39 is 0 Å². The van der Waals surface area contributed by atoms with Crippen molar-refractivity contribution < 1.29 is 0 Å². The minimum absolute atomic E-state index is 0.178. The van der Waals surface area contributed by atoms with Gasteiger partial charge in [-0.2, -0.15) is 0 Å². The molecule has 0 atom stereocenters. The van der Waals surface area contributed by atoms with Crippen LogP contribution in [-0.4, -0.2) is 13.7 Å². The quantitative estimate of drug-likeness (QED) is 0.0802. The molecule has 246 valence electrons. The first-order valence-electron chi connectivity index (χ1n) is 18.1. The molecule has 0 aliphatic carbocycles. The highest BCUT2D eigenvalue weighted by atomic mass is 16.2. The van der Waals surface area contributed by atoms with Gasteiger partial charge in [0.2, 0.25) is 0 Å². The molecular weight excluding hydrogens is 598 g/mol. The molecule has 0 saturated carbocycles. The Balaban J connectivity index is 1.67. The third-order valence-electron chi connectivity index (χ3n) is 11.6. The minimum Gasteiger partial charge on any atom is -0.340 e. The van der Waals surface area contributed by atoms with Gasteiger partial charge in [0.1, 0.15) is 0 Å². The van der Waals surface area contributed by atoms with Gasteiger partial charge in [0.15, 0.2) is 0 Å². The number of nitrogens with zero attached hydrogens (tertiary/aromatic N) is 3. The van der Waals surface area contributed by atoms with E-state index >= 15 is 0 Å². The molecule has 0 radical (unpaired) electrons. The second-order valence-corrected chi connectivity index (χ2v) is 14.0.